The third-order valence-corrected chi connectivity index (χ3v) is 1.72. The molecule has 7 heavy (non-hydrogen) atoms. The average molecular weight is 116 g/mol. The van der Waals surface area contributed by atoms with E-state index in [-0.39, 0.29) is 15.0 Å². The summed E-state index contributed by atoms with van der Waals surface area (Å²) >= 11 is 0. The van der Waals surface area contributed by atoms with E-state index in [0.29, 0.717) is 0 Å². The molecule has 0 heterocycles. The monoisotopic (exact) mass is 116 g/mol. The van der Waals surface area contributed by atoms with Crippen LogP contribution in [0.1, 0.15) is 0 Å². The fraction of sp³-hybridized carbons (Fsp3) is 0.200. The first-order valence-corrected chi connectivity index (χ1v) is 3.95. The van der Waals surface area contributed by atoms with Crippen molar-refractivity contribution in [3.8, 4) is 0 Å². The van der Waals surface area contributed by atoms with Gasteiger partial charge in [-0.15, -0.1) is 18.9 Å². The van der Waals surface area contributed by atoms with Gasteiger partial charge in [-0.25, -0.2) is 0 Å². The average Bonchev–Trinajstić information content (AvgIpc) is 1.61. The minimum Gasteiger partial charge on any atom is -0.412 e. The number of allylic oxidation sites excluding steroid dienone is 1. The summed E-state index contributed by atoms with van der Waals surface area (Å²) in [6.45, 7) is 7.20. The van der Waals surface area contributed by atoms with Gasteiger partial charge in [0.25, 0.3) is 0 Å². The predicted molar refractivity (Wildman–Crippen MR) is 37.4 cm³/mol. The number of hydrogen-bond donors (Lipinski definition) is 0. The molecule has 0 aliphatic rings. The van der Waals surface area contributed by atoms with Gasteiger partial charge in [-0.2, -0.15) is 0 Å². The van der Waals surface area contributed by atoms with Crippen molar-refractivity contribution in [1.82, 2.24) is 0 Å². The molecule has 0 atom stereocenters. The van der Waals surface area contributed by atoms with Crippen molar-refractivity contribution < 1.29 is 5.48 Å². The van der Waals surface area contributed by atoms with E-state index in [0.717, 1.165) is 0 Å². The molecule has 1 nitrogen and oxygen atoms in total. The highest BCUT2D eigenvalue weighted by Gasteiger charge is 1.68. The highest BCUT2D eigenvalue weighted by molar-refractivity contribution is 6.42. The summed E-state index contributed by atoms with van der Waals surface area (Å²) in [5, 5.41) is 0. The van der Waals surface area contributed by atoms with Crippen LogP contribution in [-0.4, -0.2) is 15.0 Å². The van der Waals surface area contributed by atoms with Gasteiger partial charge in [0.1, 0.15) is 0 Å². The molecule has 0 saturated heterocycles. The first kappa shape index (κ1) is 9.82. The quantitative estimate of drug-likeness (QED) is 0.284. The minimum absolute atomic E-state index is 0. The summed E-state index contributed by atoms with van der Waals surface area (Å²) in [6, 6.07) is 1.20. The van der Waals surface area contributed by atoms with Crippen molar-refractivity contribution in [3.63, 3.8) is 0 Å². The van der Waals surface area contributed by atoms with E-state index in [1.54, 1.807) is 0 Å². The normalized spacial score (nSPS) is 8.00. The Bertz CT molecular complexity index is 44.0. The largest absolute Gasteiger partial charge is 0.412 e. The lowest BCUT2D eigenvalue weighted by molar-refractivity contribution is 0.824. The Morgan fingerprint density at radius 2 is 2.00 bits per heavy atom. The van der Waals surface area contributed by atoms with E-state index in [9.17, 15) is 0 Å². The van der Waals surface area contributed by atoms with Crippen LogP contribution in [0.25, 0.3) is 0 Å². The summed E-state index contributed by atoms with van der Waals surface area (Å²) < 4.78 is 0. The molecule has 2 heteroatoms. The van der Waals surface area contributed by atoms with Crippen molar-refractivity contribution in [2.75, 3.05) is 0 Å². The second-order valence-electron chi connectivity index (χ2n) is 1.15. The molecule has 0 unspecified atom stereocenters. The van der Waals surface area contributed by atoms with Gasteiger partial charge in [0.05, 0.1) is 0 Å². The van der Waals surface area contributed by atoms with Gasteiger partial charge >= 0.3 is 0 Å². The fourth-order valence-electron chi connectivity index (χ4n) is 0.236. The smallest absolute Gasteiger partial charge is 0.0483 e. The highest BCUT2D eigenvalue weighted by Crippen LogP contribution is 1.75. The summed E-state index contributed by atoms with van der Waals surface area (Å²) in [7, 11) is 0.0675. The van der Waals surface area contributed by atoms with E-state index < -0.39 is 0 Å². The first-order chi connectivity index (χ1) is 2.91. The third kappa shape index (κ3) is 10.7. The van der Waals surface area contributed by atoms with Crippen molar-refractivity contribution in [2.24, 2.45) is 0 Å². The zero-order valence-electron chi connectivity index (χ0n) is 4.48. The Morgan fingerprint density at radius 3 is 2.14 bits per heavy atom. The molecule has 0 aromatic rings. The molecule has 0 bridgehead atoms. The second-order valence-corrected chi connectivity index (χ2v) is 2.89. The van der Waals surface area contributed by atoms with Gasteiger partial charge in [-0.05, 0) is 6.04 Å². The SMILES string of the molecule is C=CC[SiH2]C=C.O. The molecule has 0 aromatic carbocycles. The molecule has 0 amide bonds. The molecule has 0 rings (SSSR count). The first-order valence-electron chi connectivity index (χ1n) is 2.13. The lowest BCUT2D eigenvalue weighted by Gasteiger charge is -1.74. The van der Waals surface area contributed by atoms with Crippen LogP contribution in [0.5, 0.6) is 0 Å². The van der Waals surface area contributed by atoms with E-state index in [1.165, 1.54) is 6.04 Å². The van der Waals surface area contributed by atoms with Crippen molar-refractivity contribution >= 4 is 9.52 Å². The van der Waals surface area contributed by atoms with E-state index >= 15 is 0 Å². The maximum absolute atomic E-state index is 3.61. The maximum atomic E-state index is 3.61. The Morgan fingerprint density at radius 1 is 1.43 bits per heavy atom. The predicted octanol–water partition coefficient (Wildman–Crippen LogP) is 0.0783. The summed E-state index contributed by atoms with van der Waals surface area (Å²) in [5.41, 5.74) is 2.03. The minimum atomic E-state index is 0. The van der Waals surface area contributed by atoms with Crippen LogP contribution in [-0.2, 0) is 0 Å². The zero-order valence-corrected chi connectivity index (χ0v) is 5.90. The summed E-state index contributed by atoms with van der Waals surface area (Å²) in [4.78, 5) is 0. The standard InChI is InChI=1S/C5H10Si.H2O/c1-3-5-6-4-2;/h3-4H,1-2,5-6H2;1H2. The molecule has 0 aliphatic heterocycles. The highest BCUT2D eigenvalue weighted by atomic mass is 28.2. The number of rotatable bonds is 3. The molecule has 42 valence electrons. The van der Waals surface area contributed by atoms with Gasteiger partial charge in [-0.1, -0.05) is 6.08 Å². The van der Waals surface area contributed by atoms with Crippen LogP contribution in [0.15, 0.2) is 24.9 Å². The van der Waals surface area contributed by atoms with Crippen LogP contribution < -0.4 is 0 Å². The van der Waals surface area contributed by atoms with Crippen LogP contribution in [0, 0.1) is 0 Å². The second kappa shape index (κ2) is 9.17. The Hall–Kier alpha value is -0.343. The van der Waals surface area contributed by atoms with Crippen molar-refractivity contribution in [3.05, 3.63) is 24.9 Å². The fourth-order valence-corrected chi connectivity index (χ4v) is 0.707. The third-order valence-electron chi connectivity index (χ3n) is 0.575. The molecule has 0 aromatic heterocycles. The van der Waals surface area contributed by atoms with Crippen LogP contribution in [0.3, 0.4) is 0 Å². The van der Waals surface area contributed by atoms with Crippen LogP contribution in [0.4, 0.5) is 0 Å². The molecule has 0 fully saturated rings. The summed E-state index contributed by atoms with van der Waals surface area (Å²) in [5.74, 6) is 0. The summed E-state index contributed by atoms with van der Waals surface area (Å²) in [6.07, 6.45) is 1.95. The lowest BCUT2D eigenvalue weighted by Crippen LogP contribution is -1.74. The van der Waals surface area contributed by atoms with Gasteiger partial charge in [0.2, 0.25) is 0 Å². The Kier molecular flexibility index (Phi) is 12.9. The lowest BCUT2D eigenvalue weighted by atomic mass is 10.8. The Balaban J connectivity index is 0. The molecule has 0 spiro atoms. The van der Waals surface area contributed by atoms with E-state index in [1.807, 2.05) is 11.8 Å². The van der Waals surface area contributed by atoms with Gasteiger partial charge in [0, 0.05) is 9.52 Å². The van der Waals surface area contributed by atoms with Crippen molar-refractivity contribution in [1.29, 1.82) is 0 Å². The van der Waals surface area contributed by atoms with Crippen LogP contribution >= 0.6 is 0 Å². The Labute approximate surface area is 46.9 Å². The van der Waals surface area contributed by atoms with Gasteiger partial charge in [0.15, 0.2) is 0 Å². The molecular weight excluding hydrogens is 104 g/mol. The molecule has 0 aliphatic carbocycles. The zero-order chi connectivity index (χ0) is 4.83. The van der Waals surface area contributed by atoms with E-state index in [2.05, 4.69) is 13.2 Å². The molecular formula is C5H12OSi. The molecule has 0 saturated carbocycles. The number of hydrogen-bond acceptors (Lipinski definition) is 0. The van der Waals surface area contributed by atoms with Crippen molar-refractivity contribution in [2.45, 2.75) is 6.04 Å². The van der Waals surface area contributed by atoms with Crippen LogP contribution in [0.2, 0.25) is 6.04 Å². The maximum Gasteiger partial charge on any atom is 0.0483 e. The topological polar surface area (TPSA) is 31.5 Å². The van der Waals surface area contributed by atoms with Gasteiger partial charge < -0.3 is 5.48 Å². The van der Waals surface area contributed by atoms with Gasteiger partial charge in [-0.3, -0.25) is 0 Å². The van der Waals surface area contributed by atoms with E-state index in [4.69, 9.17) is 0 Å². The molecule has 2 N–H and O–H groups in total. The molecule has 0 radical (unpaired) electrons.